The van der Waals surface area contributed by atoms with Gasteiger partial charge in [-0.05, 0) is 42.9 Å². The van der Waals surface area contributed by atoms with Gasteiger partial charge in [0.25, 0.3) is 5.56 Å². The Morgan fingerprint density at radius 1 is 1.11 bits per heavy atom. The summed E-state index contributed by atoms with van der Waals surface area (Å²) in [6.45, 7) is 6.85. The average Bonchev–Trinajstić information content (AvgIpc) is 3.14. The summed E-state index contributed by atoms with van der Waals surface area (Å²) in [7, 11) is 0. The molecular formula is C27H33N5O3. The second-order valence-corrected chi connectivity index (χ2v) is 9.60. The standard InChI is InChI=1S/C27H33N5O3/c1-18(2)13-14-30(23(33)17-31-19(3)15-21-11-7-8-12-22(21)31)24-25(28)32(27(35)29-26(24)34)16-20-9-5-4-6-10-20/h4-12,18-19H,13-17,28H2,1-3H3,(H,29,34,35)/t19-/m0/s1. The smallest absolute Gasteiger partial charge is 0.330 e. The van der Waals surface area contributed by atoms with Crippen molar-refractivity contribution in [2.75, 3.05) is 28.6 Å². The second-order valence-electron chi connectivity index (χ2n) is 9.60. The number of benzene rings is 2. The van der Waals surface area contributed by atoms with Gasteiger partial charge in [0.2, 0.25) is 5.91 Å². The number of anilines is 3. The number of rotatable bonds is 8. The van der Waals surface area contributed by atoms with E-state index in [4.69, 9.17) is 5.73 Å². The third-order valence-corrected chi connectivity index (χ3v) is 6.55. The molecule has 4 rings (SSSR count). The maximum atomic E-state index is 13.7. The van der Waals surface area contributed by atoms with E-state index in [0.717, 1.165) is 17.7 Å². The quantitative estimate of drug-likeness (QED) is 0.521. The zero-order chi connectivity index (χ0) is 25.1. The highest BCUT2D eigenvalue weighted by molar-refractivity contribution is 5.98. The van der Waals surface area contributed by atoms with E-state index in [1.807, 2.05) is 48.5 Å². The van der Waals surface area contributed by atoms with Gasteiger partial charge in [0.05, 0.1) is 13.1 Å². The van der Waals surface area contributed by atoms with Gasteiger partial charge in [-0.3, -0.25) is 19.1 Å². The number of nitrogens with zero attached hydrogens (tertiary/aromatic N) is 3. The van der Waals surface area contributed by atoms with Crippen LogP contribution in [0.25, 0.3) is 0 Å². The predicted molar refractivity (Wildman–Crippen MR) is 140 cm³/mol. The Kier molecular flexibility index (Phi) is 7.10. The number of nitrogens with two attached hydrogens (primary N) is 1. The van der Waals surface area contributed by atoms with Crippen molar-refractivity contribution in [2.24, 2.45) is 5.92 Å². The number of aromatic nitrogens is 2. The minimum atomic E-state index is -0.649. The number of nitrogens with one attached hydrogen (secondary N) is 1. The lowest BCUT2D eigenvalue weighted by molar-refractivity contribution is -0.117. The maximum absolute atomic E-state index is 13.7. The number of H-pyrrole nitrogens is 1. The molecule has 0 unspecified atom stereocenters. The molecule has 35 heavy (non-hydrogen) atoms. The van der Waals surface area contributed by atoms with Crippen molar-refractivity contribution in [3.05, 3.63) is 86.6 Å². The van der Waals surface area contributed by atoms with E-state index in [0.29, 0.717) is 18.9 Å². The van der Waals surface area contributed by atoms with Gasteiger partial charge in [0.15, 0.2) is 5.69 Å². The fraction of sp³-hybridized carbons (Fsp3) is 0.370. The van der Waals surface area contributed by atoms with Gasteiger partial charge in [-0.2, -0.15) is 0 Å². The number of fused-ring (bicyclic) bond motifs is 1. The van der Waals surface area contributed by atoms with Crippen LogP contribution in [0.2, 0.25) is 0 Å². The highest BCUT2D eigenvalue weighted by Gasteiger charge is 2.31. The molecule has 0 spiro atoms. The van der Waals surface area contributed by atoms with Gasteiger partial charge in [0, 0.05) is 18.3 Å². The summed E-state index contributed by atoms with van der Waals surface area (Å²) >= 11 is 0. The van der Waals surface area contributed by atoms with Gasteiger partial charge in [0.1, 0.15) is 5.82 Å². The maximum Gasteiger partial charge on any atom is 0.330 e. The van der Waals surface area contributed by atoms with Crippen LogP contribution < -0.4 is 26.8 Å². The molecule has 0 aliphatic carbocycles. The zero-order valence-electron chi connectivity index (χ0n) is 20.5. The first-order chi connectivity index (χ1) is 16.8. The Labute approximate surface area is 205 Å². The molecule has 1 aliphatic rings. The van der Waals surface area contributed by atoms with Crippen LogP contribution in [0.5, 0.6) is 0 Å². The molecule has 8 heteroatoms. The number of para-hydroxylation sites is 1. The van der Waals surface area contributed by atoms with Crippen molar-refractivity contribution in [1.29, 1.82) is 0 Å². The summed E-state index contributed by atoms with van der Waals surface area (Å²) in [5, 5.41) is 0. The Bertz CT molecular complexity index is 1310. The number of nitrogen functional groups attached to an aromatic ring is 1. The number of carbonyl (C=O) groups excluding carboxylic acids is 1. The molecule has 3 aromatic rings. The molecule has 1 aromatic heterocycles. The molecule has 0 saturated carbocycles. The van der Waals surface area contributed by atoms with Crippen molar-refractivity contribution in [3.63, 3.8) is 0 Å². The van der Waals surface area contributed by atoms with Crippen LogP contribution in [0.3, 0.4) is 0 Å². The molecule has 3 N–H and O–H groups in total. The normalized spacial score (nSPS) is 14.9. The summed E-state index contributed by atoms with van der Waals surface area (Å²) < 4.78 is 1.31. The van der Waals surface area contributed by atoms with E-state index in [1.54, 1.807) is 0 Å². The molecule has 184 valence electrons. The van der Waals surface area contributed by atoms with Crippen molar-refractivity contribution < 1.29 is 4.79 Å². The number of hydrogen-bond donors (Lipinski definition) is 2. The molecular weight excluding hydrogens is 442 g/mol. The van der Waals surface area contributed by atoms with Crippen LogP contribution in [0, 0.1) is 5.92 Å². The first-order valence-electron chi connectivity index (χ1n) is 12.1. The number of amides is 1. The lowest BCUT2D eigenvalue weighted by Crippen LogP contribution is -2.47. The van der Waals surface area contributed by atoms with Gasteiger partial charge in [-0.1, -0.05) is 62.4 Å². The van der Waals surface area contributed by atoms with Crippen molar-refractivity contribution in [3.8, 4) is 0 Å². The average molecular weight is 476 g/mol. The van der Waals surface area contributed by atoms with E-state index in [2.05, 4.69) is 36.7 Å². The third kappa shape index (κ3) is 5.16. The van der Waals surface area contributed by atoms with Crippen LogP contribution in [0.4, 0.5) is 17.2 Å². The summed E-state index contributed by atoms with van der Waals surface area (Å²) in [6, 6.07) is 17.6. The van der Waals surface area contributed by atoms with E-state index in [-0.39, 0.29) is 36.5 Å². The highest BCUT2D eigenvalue weighted by atomic mass is 16.2. The van der Waals surface area contributed by atoms with Crippen LogP contribution in [0.15, 0.2) is 64.2 Å². The minimum absolute atomic E-state index is 0.00502. The molecule has 1 aliphatic heterocycles. The fourth-order valence-electron chi connectivity index (χ4n) is 4.61. The molecule has 8 nitrogen and oxygen atoms in total. The number of carbonyl (C=O) groups is 1. The Hall–Kier alpha value is -3.81. The highest BCUT2D eigenvalue weighted by Crippen LogP contribution is 2.32. The first-order valence-corrected chi connectivity index (χ1v) is 12.1. The van der Waals surface area contributed by atoms with Crippen molar-refractivity contribution in [1.82, 2.24) is 9.55 Å². The van der Waals surface area contributed by atoms with E-state index in [9.17, 15) is 14.4 Å². The molecule has 2 heterocycles. The Morgan fingerprint density at radius 3 is 2.51 bits per heavy atom. The molecule has 2 aromatic carbocycles. The SMILES string of the molecule is CC(C)CCN(C(=O)CN1c2ccccc2C[C@@H]1C)c1c(N)n(Cc2ccccc2)c(=O)[nH]c1=O. The topological polar surface area (TPSA) is 104 Å². The van der Waals surface area contributed by atoms with Gasteiger partial charge >= 0.3 is 5.69 Å². The van der Waals surface area contributed by atoms with E-state index in [1.165, 1.54) is 15.0 Å². The van der Waals surface area contributed by atoms with Crippen LogP contribution in [-0.2, 0) is 17.8 Å². The van der Waals surface area contributed by atoms with Gasteiger partial charge in [-0.25, -0.2) is 4.79 Å². The lowest BCUT2D eigenvalue weighted by Gasteiger charge is -2.30. The van der Waals surface area contributed by atoms with E-state index >= 15 is 0 Å². The molecule has 0 fully saturated rings. The summed E-state index contributed by atoms with van der Waals surface area (Å²) in [5.74, 6) is 0.0816. The van der Waals surface area contributed by atoms with Gasteiger partial charge < -0.3 is 15.5 Å². The largest absolute Gasteiger partial charge is 0.383 e. The molecule has 1 amide bonds. The van der Waals surface area contributed by atoms with E-state index < -0.39 is 11.2 Å². The molecule has 0 radical (unpaired) electrons. The van der Waals surface area contributed by atoms with Crippen molar-refractivity contribution >= 4 is 23.1 Å². The zero-order valence-corrected chi connectivity index (χ0v) is 20.5. The summed E-state index contributed by atoms with van der Waals surface area (Å²) in [4.78, 5) is 45.3. The van der Waals surface area contributed by atoms with Crippen LogP contribution >= 0.6 is 0 Å². The molecule has 1 atom stereocenters. The third-order valence-electron chi connectivity index (χ3n) is 6.55. The van der Waals surface area contributed by atoms with Gasteiger partial charge in [-0.15, -0.1) is 0 Å². The van der Waals surface area contributed by atoms with Crippen LogP contribution in [0.1, 0.15) is 38.3 Å². The minimum Gasteiger partial charge on any atom is -0.383 e. The summed E-state index contributed by atoms with van der Waals surface area (Å²) in [6.07, 6.45) is 1.55. The lowest BCUT2D eigenvalue weighted by atomic mass is 10.1. The Balaban J connectivity index is 1.71. The first kappa shape index (κ1) is 24.3. The second kappa shape index (κ2) is 10.2. The Morgan fingerprint density at radius 2 is 1.80 bits per heavy atom. The number of hydrogen-bond acceptors (Lipinski definition) is 5. The fourth-order valence-corrected chi connectivity index (χ4v) is 4.61. The summed E-state index contributed by atoms with van der Waals surface area (Å²) in [5.41, 5.74) is 8.31. The van der Waals surface area contributed by atoms with Crippen molar-refractivity contribution in [2.45, 2.75) is 46.2 Å². The predicted octanol–water partition coefficient (Wildman–Crippen LogP) is 3.00. The molecule has 0 saturated heterocycles. The molecule has 0 bridgehead atoms. The number of aromatic amines is 1. The monoisotopic (exact) mass is 475 g/mol. The van der Waals surface area contributed by atoms with Crippen LogP contribution in [-0.4, -0.2) is 34.6 Å².